The summed E-state index contributed by atoms with van der Waals surface area (Å²) >= 11 is 0. The van der Waals surface area contributed by atoms with E-state index < -0.39 is 6.10 Å². The van der Waals surface area contributed by atoms with Crippen molar-refractivity contribution in [2.75, 3.05) is 13.2 Å². The smallest absolute Gasteiger partial charge is 0.306 e. The molecule has 0 aromatic carbocycles. The Kier molecular flexibility index (Phi) is 35.0. The van der Waals surface area contributed by atoms with Crippen molar-refractivity contribution in [3.8, 4) is 0 Å². The van der Waals surface area contributed by atoms with Gasteiger partial charge in [0.2, 0.25) is 0 Å². The fourth-order valence-corrected chi connectivity index (χ4v) is 5.79. The predicted molar refractivity (Wildman–Crippen MR) is 192 cm³/mol. The maximum absolute atomic E-state index is 12.4. The van der Waals surface area contributed by atoms with Crippen molar-refractivity contribution in [3.05, 3.63) is 0 Å². The van der Waals surface area contributed by atoms with Gasteiger partial charge in [0.1, 0.15) is 13.2 Å². The number of hydrogen-bond acceptors (Lipinski definition) is 6. The molecule has 6 heteroatoms. The van der Waals surface area contributed by atoms with Crippen molar-refractivity contribution < 1.29 is 28.6 Å². The van der Waals surface area contributed by atoms with Gasteiger partial charge in [0.15, 0.2) is 6.10 Å². The Bertz CT molecular complexity index is 679. The average Bonchev–Trinajstić information content (AvgIpc) is 3.05. The highest BCUT2D eigenvalue weighted by molar-refractivity contribution is 5.71. The predicted octanol–water partition coefficient (Wildman–Crippen LogP) is 12.1. The fraction of sp³-hybridized carbons (Fsp3) is 0.925. The lowest BCUT2D eigenvalue weighted by Crippen LogP contribution is -2.30. The Hall–Kier alpha value is -1.59. The van der Waals surface area contributed by atoms with Crippen molar-refractivity contribution >= 4 is 17.9 Å². The monoisotopic (exact) mass is 653 g/mol. The molecular weight excluding hydrogens is 576 g/mol. The molecule has 0 saturated carbocycles. The minimum Gasteiger partial charge on any atom is -0.462 e. The summed E-state index contributed by atoms with van der Waals surface area (Å²) in [5, 5.41) is 0. The largest absolute Gasteiger partial charge is 0.462 e. The van der Waals surface area contributed by atoms with Crippen LogP contribution in [-0.4, -0.2) is 37.2 Å². The molecule has 272 valence electrons. The second kappa shape index (κ2) is 36.2. The maximum Gasteiger partial charge on any atom is 0.306 e. The third-order valence-electron chi connectivity index (χ3n) is 8.86. The molecule has 0 radical (unpaired) electrons. The number of ether oxygens (including phenoxy) is 3. The third kappa shape index (κ3) is 33.8. The van der Waals surface area contributed by atoms with E-state index in [1.165, 1.54) is 116 Å². The van der Waals surface area contributed by atoms with E-state index in [9.17, 15) is 14.4 Å². The minimum atomic E-state index is -0.754. The lowest BCUT2D eigenvalue weighted by atomic mass is 10.0. The summed E-state index contributed by atoms with van der Waals surface area (Å²) in [5.74, 6) is -0.885. The first-order valence-corrected chi connectivity index (χ1v) is 20.0. The molecule has 0 bridgehead atoms. The van der Waals surface area contributed by atoms with Gasteiger partial charge >= 0.3 is 17.9 Å². The Morgan fingerprint density at radius 3 is 0.870 bits per heavy atom. The van der Waals surface area contributed by atoms with E-state index in [4.69, 9.17) is 14.2 Å². The van der Waals surface area contributed by atoms with Crippen LogP contribution in [0.15, 0.2) is 0 Å². The Morgan fingerprint density at radius 1 is 0.348 bits per heavy atom. The molecule has 0 N–H and O–H groups in total. The number of rotatable bonds is 36. The van der Waals surface area contributed by atoms with Gasteiger partial charge in [-0.1, -0.05) is 181 Å². The molecule has 0 spiro atoms. The van der Waals surface area contributed by atoms with Gasteiger partial charge in [-0.3, -0.25) is 14.4 Å². The van der Waals surface area contributed by atoms with Gasteiger partial charge in [0.05, 0.1) is 0 Å². The van der Waals surface area contributed by atoms with Crippen LogP contribution < -0.4 is 0 Å². The zero-order chi connectivity index (χ0) is 33.8. The maximum atomic E-state index is 12.4. The van der Waals surface area contributed by atoms with Crippen molar-refractivity contribution in [1.82, 2.24) is 0 Å². The first-order chi connectivity index (χ1) is 22.5. The lowest BCUT2D eigenvalue weighted by molar-refractivity contribution is -0.167. The fourth-order valence-electron chi connectivity index (χ4n) is 5.79. The van der Waals surface area contributed by atoms with E-state index in [0.717, 1.165) is 64.2 Å². The molecule has 0 aromatic heterocycles. The van der Waals surface area contributed by atoms with Gasteiger partial charge in [-0.05, 0) is 19.3 Å². The highest BCUT2D eigenvalue weighted by Crippen LogP contribution is 2.15. The van der Waals surface area contributed by atoms with Gasteiger partial charge in [0, 0.05) is 19.3 Å². The Balaban J connectivity index is 4.06. The van der Waals surface area contributed by atoms with E-state index in [2.05, 4.69) is 20.8 Å². The van der Waals surface area contributed by atoms with Crippen LogP contribution in [0, 0.1) is 0 Å². The third-order valence-corrected chi connectivity index (χ3v) is 8.86. The van der Waals surface area contributed by atoms with Gasteiger partial charge < -0.3 is 14.2 Å². The molecule has 0 aromatic rings. The molecule has 0 aliphatic carbocycles. The number of esters is 3. The summed E-state index contributed by atoms with van der Waals surface area (Å²) in [6.45, 7) is 6.49. The molecule has 0 heterocycles. The molecule has 6 nitrogen and oxygen atoms in total. The minimum absolute atomic E-state index is 0.0657. The quantitative estimate of drug-likeness (QED) is 0.0381. The molecular formula is C40H76O6. The molecule has 0 aliphatic heterocycles. The summed E-state index contributed by atoms with van der Waals surface area (Å²) in [4.78, 5) is 37.0. The molecule has 0 fully saturated rings. The van der Waals surface area contributed by atoms with Crippen LogP contribution in [0.5, 0.6) is 0 Å². The van der Waals surface area contributed by atoms with Crippen molar-refractivity contribution in [2.45, 2.75) is 226 Å². The summed E-state index contributed by atoms with van der Waals surface area (Å²) < 4.78 is 16.4. The zero-order valence-electron chi connectivity index (χ0n) is 30.9. The number of hydrogen-bond donors (Lipinski definition) is 0. The molecule has 1 unspecified atom stereocenters. The van der Waals surface area contributed by atoms with Crippen LogP contribution >= 0.6 is 0 Å². The SMILES string of the molecule is CCCCCCCCCCCCCCCCCCCC(=O)OCC(COC(=O)CCCCCCC)OC(=O)CCCCCCCC. The molecule has 0 rings (SSSR count). The second-order valence-corrected chi connectivity index (χ2v) is 13.6. The van der Waals surface area contributed by atoms with E-state index in [1.807, 2.05) is 0 Å². The van der Waals surface area contributed by atoms with Gasteiger partial charge in [-0.15, -0.1) is 0 Å². The zero-order valence-corrected chi connectivity index (χ0v) is 30.9. The summed E-state index contributed by atoms with van der Waals surface area (Å²) in [6.07, 6.45) is 34.2. The van der Waals surface area contributed by atoms with E-state index in [1.54, 1.807) is 0 Å². The van der Waals surface area contributed by atoms with Gasteiger partial charge in [0.25, 0.3) is 0 Å². The molecule has 0 saturated heterocycles. The average molecular weight is 653 g/mol. The van der Waals surface area contributed by atoms with Gasteiger partial charge in [-0.25, -0.2) is 0 Å². The van der Waals surface area contributed by atoms with Crippen molar-refractivity contribution in [1.29, 1.82) is 0 Å². The van der Waals surface area contributed by atoms with E-state index in [0.29, 0.717) is 19.3 Å². The van der Waals surface area contributed by atoms with E-state index >= 15 is 0 Å². The number of unbranched alkanes of at least 4 members (excludes halogenated alkanes) is 25. The van der Waals surface area contributed by atoms with Crippen LogP contribution in [0.4, 0.5) is 0 Å². The lowest BCUT2D eigenvalue weighted by Gasteiger charge is -2.18. The van der Waals surface area contributed by atoms with Crippen LogP contribution in [0.25, 0.3) is 0 Å². The van der Waals surface area contributed by atoms with Crippen LogP contribution in [-0.2, 0) is 28.6 Å². The summed E-state index contributed by atoms with van der Waals surface area (Å²) in [6, 6.07) is 0. The normalized spacial score (nSPS) is 11.8. The van der Waals surface area contributed by atoms with Crippen LogP contribution in [0.1, 0.15) is 220 Å². The first-order valence-electron chi connectivity index (χ1n) is 20.0. The standard InChI is InChI=1S/C40H76O6/c1-4-7-10-13-15-16-17-18-19-20-21-22-23-24-25-28-30-33-39(42)45-36-37(35-44-38(41)32-29-26-12-9-6-3)46-40(43)34-31-27-14-11-8-5-2/h37H,4-36H2,1-3H3. The highest BCUT2D eigenvalue weighted by atomic mass is 16.6. The number of carbonyl (C=O) groups is 3. The van der Waals surface area contributed by atoms with E-state index in [-0.39, 0.29) is 31.1 Å². The summed E-state index contributed by atoms with van der Waals surface area (Å²) in [5.41, 5.74) is 0. The van der Waals surface area contributed by atoms with Crippen LogP contribution in [0.3, 0.4) is 0 Å². The van der Waals surface area contributed by atoms with Gasteiger partial charge in [-0.2, -0.15) is 0 Å². The molecule has 46 heavy (non-hydrogen) atoms. The first kappa shape index (κ1) is 44.4. The second-order valence-electron chi connectivity index (χ2n) is 13.6. The van der Waals surface area contributed by atoms with Crippen LogP contribution in [0.2, 0.25) is 0 Å². The molecule has 0 aliphatic rings. The Morgan fingerprint density at radius 2 is 0.587 bits per heavy atom. The van der Waals surface area contributed by atoms with Crippen molar-refractivity contribution in [3.63, 3.8) is 0 Å². The molecule has 1 atom stereocenters. The Labute approximate surface area is 285 Å². The molecule has 0 amide bonds. The summed E-state index contributed by atoms with van der Waals surface area (Å²) in [7, 11) is 0. The topological polar surface area (TPSA) is 78.9 Å². The number of carbonyl (C=O) groups excluding carboxylic acids is 3. The van der Waals surface area contributed by atoms with Crippen molar-refractivity contribution in [2.24, 2.45) is 0 Å². The highest BCUT2D eigenvalue weighted by Gasteiger charge is 2.19.